The van der Waals surface area contributed by atoms with E-state index < -0.39 is 17.7 Å². The Bertz CT molecular complexity index is 1310. The van der Waals surface area contributed by atoms with Crippen LogP contribution >= 0.6 is 0 Å². The second kappa shape index (κ2) is 11.4. The molecule has 3 aromatic carbocycles. The summed E-state index contributed by atoms with van der Waals surface area (Å²) >= 11 is 0. The van der Waals surface area contributed by atoms with Gasteiger partial charge in [0.15, 0.2) is 0 Å². The van der Waals surface area contributed by atoms with E-state index >= 15 is 0 Å². The van der Waals surface area contributed by atoms with Crippen molar-refractivity contribution in [2.45, 2.75) is 46.4 Å². The maximum Gasteiger partial charge on any atom is 0.295 e. The largest absolute Gasteiger partial charge is 0.507 e. The van der Waals surface area contributed by atoms with E-state index in [4.69, 9.17) is 9.47 Å². The topological polar surface area (TPSA) is 76.1 Å². The fourth-order valence-electron chi connectivity index (χ4n) is 4.56. The highest BCUT2D eigenvalue weighted by Crippen LogP contribution is 2.40. The van der Waals surface area contributed by atoms with Gasteiger partial charge >= 0.3 is 0 Å². The van der Waals surface area contributed by atoms with E-state index in [1.165, 1.54) is 4.90 Å². The molecule has 1 fully saturated rings. The van der Waals surface area contributed by atoms with Crippen molar-refractivity contribution in [3.8, 4) is 5.75 Å². The number of benzene rings is 3. The lowest BCUT2D eigenvalue weighted by atomic mass is 9.92. The highest BCUT2D eigenvalue weighted by molar-refractivity contribution is 6.46. The van der Waals surface area contributed by atoms with E-state index in [0.29, 0.717) is 24.5 Å². The minimum Gasteiger partial charge on any atom is -0.507 e. The van der Waals surface area contributed by atoms with Gasteiger partial charge in [0.25, 0.3) is 11.7 Å². The summed E-state index contributed by atoms with van der Waals surface area (Å²) in [6.45, 7) is 8.61. The first kappa shape index (κ1) is 26.2. The molecule has 1 aliphatic heterocycles. The summed E-state index contributed by atoms with van der Waals surface area (Å²) in [5.74, 6) is -0.849. The number of hydrogen-bond acceptors (Lipinski definition) is 5. The van der Waals surface area contributed by atoms with Gasteiger partial charge < -0.3 is 19.5 Å². The SMILES string of the molecule is Cc1cc(/C(O)=C2\C(=O)C(=O)N(CCOC(C)C)C2c2ccccc2C)ccc1OCc1ccccc1. The van der Waals surface area contributed by atoms with Gasteiger partial charge in [-0.1, -0.05) is 54.6 Å². The summed E-state index contributed by atoms with van der Waals surface area (Å²) in [7, 11) is 0. The molecule has 3 aromatic rings. The lowest BCUT2D eigenvalue weighted by Crippen LogP contribution is -2.33. The van der Waals surface area contributed by atoms with Crippen molar-refractivity contribution in [1.82, 2.24) is 4.90 Å². The second-order valence-corrected chi connectivity index (χ2v) is 9.52. The Morgan fingerprint density at radius 1 is 0.946 bits per heavy atom. The van der Waals surface area contributed by atoms with Crippen molar-refractivity contribution in [2.75, 3.05) is 13.2 Å². The van der Waals surface area contributed by atoms with E-state index in [-0.39, 0.29) is 24.0 Å². The molecular formula is C31H33NO5. The number of hydrogen-bond donors (Lipinski definition) is 1. The molecule has 0 saturated carbocycles. The summed E-state index contributed by atoms with van der Waals surface area (Å²) in [6, 6.07) is 22.0. The van der Waals surface area contributed by atoms with Gasteiger partial charge in [-0.2, -0.15) is 0 Å². The van der Waals surface area contributed by atoms with Gasteiger partial charge in [-0.3, -0.25) is 9.59 Å². The fraction of sp³-hybridized carbons (Fsp3) is 0.290. The van der Waals surface area contributed by atoms with Crippen LogP contribution in [0.2, 0.25) is 0 Å². The number of amides is 1. The Balaban J connectivity index is 1.69. The third-order valence-corrected chi connectivity index (χ3v) is 6.49. The molecule has 37 heavy (non-hydrogen) atoms. The van der Waals surface area contributed by atoms with Gasteiger partial charge in [-0.05, 0) is 68.1 Å². The van der Waals surface area contributed by atoms with Crippen LogP contribution in [0.25, 0.3) is 5.76 Å². The predicted molar refractivity (Wildman–Crippen MR) is 143 cm³/mol. The summed E-state index contributed by atoms with van der Waals surface area (Å²) < 4.78 is 11.6. The van der Waals surface area contributed by atoms with Gasteiger partial charge in [-0.25, -0.2) is 0 Å². The van der Waals surface area contributed by atoms with Crippen LogP contribution in [-0.2, 0) is 20.9 Å². The van der Waals surface area contributed by atoms with Crippen LogP contribution in [0.5, 0.6) is 5.75 Å². The van der Waals surface area contributed by atoms with Gasteiger partial charge in [0.05, 0.1) is 24.3 Å². The number of nitrogens with zero attached hydrogens (tertiary/aromatic N) is 1. The highest BCUT2D eigenvalue weighted by Gasteiger charge is 2.46. The molecule has 0 bridgehead atoms. The molecule has 1 unspecified atom stereocenters. The zero-order chi connectivity index (χ0) is 26.5. The van der Waals surface area contributed by atoms with Gasteiger partial charge in [0, 0.05) is 12.1 Å². The van der Waals surface area contributed by atoms with Crippen molar-refractivity contribution < 1.29 is 24.2 Å². The van der Waals surface area contributed by atoms with Crippen LogP contribution < -0.4 is 4.74 Å². The number of aliphatic hydroxyl groups is 1. The fourth-order valence-corrected chi connectivity index (χ4v) is 4.56. The van der Waals surface area contributed by atoms with Crippen LogP contribution in [0.15, 0.2) is 78.4 Å². The lowest BCUT2D eigenvalue weighted by molar-refractivity contribution is -0.140. The van der Waals surface area contributed by atoms with Crippen LogP contribution in [0, 0.1) is 13.8 Å². The maximum atomic E-state index is 13.3. The van der Waals surface area contributed by atoms with Crippen LogP contribution in [0.1, 0.15) is 47.7 Å². The smallest absolute Gasteiger partial charge is 0.295 e. The average molecular weight is 500 g/mol. The molecule has 1 atom stereocenters. The number of aliphatic hydroxyl groups excluding tert-OH is 1. The highest BCUT2D eigenvalue weighted by atomic mass is 16.5. The molecule has 4 rings (SSSR count). The first-order valence-electron chi connectivity index (χ1n) is 12.5. The molecule has 1 amide bonds. The second-order valence-electron chi connectivity index (χ2n) is 9.52. The van der Waals surface area contributed by atoms with E-state index in [1.807, 2.05) is 82.3 Å². The number of ether oxygens (including phenoxy) is 2. The number of carbonyl (C=O) groups excluding carboxylic acids is 2. The number of rotatable bonds is 9. The molecule has 1 saturated heterocycles. The summed E-state index contributed by atoms with van der Waals surface area (Å²) in [5.41, 5.74) is 4.13. The molecule has 0 aromatic heterocycles. The molecular weight excluding hydrogens is 466 g/mol. The molecule has 1 N–H and O–H groups in total. The summed E-state index contributed by atoms with van der Waals surface area (Å²) in [5, 5.41) is 11.4. The predicted octanol–water partition coefficient (Wildman–Crippen LogP) is 5.73. The van der Waals surface area contributed by atoms with Gasteiger partial charge in [0.1, 0.15) is 18.1 Å². The average Bonchev–Trinajstić information content (AvgIpc) is 3.13. The Labute approximate surface area is 218 Å². The maximum absolute atomic E-state index is 13.3. The summed E-state index contributed by atoms with van der Waals surface area (Å²) in [4.78, 5) is 27.9. The molecule has 192 valence electrons. The lowest BCUT2D eigenvalue weighted by Gasteiger charge is -2.26. The van der Waals surface area contributed by atoms with Crippen LogP contribution in [0.4, 0.5) is 0 Å². The van der Waals surface area contributed by atoms with Crippen molar-refractivity contribution in [1.29, 1.82) is 0 Å². The Morgan fingerprint density at radius 3 is 2.32 bits per heavy atom. The minimum absolute atomic E-state index is 0.000618. The van der Waals surface area contributed by atoms with E-state index in [0.717, 1.165) is 22.3 Å². The van der Waals surface area contributed by atoms with Crippen molar-refractivity contribution in [3.05, 3.63) is 106 Å². The van der Waals surface area contributed by atoms with Crippen molar-refractivity contribution in [2.24, 2.45) is 0 Å². The molecule has 0 spiro atoms. The standard InChI is InChI=1S/C31H33NO5/c1-20(2)36-17-16-32-28(25-13-9-8-10-21(25)3)27(30(34)31(32)35)29(33)24-14-15-26(22(4)18-24)37-19-23-11-6-5-7-12-23/h5-15,18,20,28,33H,16-17,19H2,1-4H3/b29-27+. The van der Waals surface area contributed by atoms with Crippen LogP contribution in [-0.4, -0.2) is 41.0 Å². The number of carbonyl (C=O) groups is 2. The van der Waals surface area contributed by atoms with Crippen molar-refractivity contribution in [3.63, 3.8) is 0 Å². The zero-order valence-electron chi connectivity index (χ0n) is 21.7. The van der Waals surface area contributed by atoms with E-state index in [9.17, 15) is 14.7 Å². The van der Waals surface area contributed by atoms with Gasteiger partial charge in [-0.15, -0.1) is 0 Å². The number of ketones is 1. The minimum atomic E-state index is -0.703. The molecule has 0 aliphatic carbocycles. The number of Topliss-reactive ketones (excluding diaryl/α,β-unsaturated/α-hetero) is 1. The molecule has 6 heteroatoms. The molecule has 1 aliphatic rings. The van der Waals surface area contributed by atoms with Crippen LogP contribution in [0.3, 0.4) is 0 Å². The first-order chi connectivity index (χ1) is 17.8. The third kappa shape index (κ3) is 5.75. The first-order valence-corrected chi connectivity index (χ1v) is 12.5. The molecule has 1 heterocycles. The monoisotopic (exact) mass is 499 g/mol. The Hall–Kier alpha value is -3.90. The van der Waals surface area contributed by atoms with Gasteiger partial charge in [0.2, 0.25) is 0 Å². The van der Waals surface area contributed by atoms with Crippen molar-refractivity contribution >= 4 is 17.4 Å². The zero-order valence-corrected chi connectivity index (χ0v) is 21.7. The van der Waals surface area contributed by atoms with E-state index in [2.05, 4.69) is 0 Å². The Kier molecular flexibility index (Phi) is 8.09. The Morgan fingerprint density at radius 2 is 1.65 bits per heavy atom. The molecule has 6 nitrogen and oxygen atoms in total. The quantitative estimate of drug-likeness (QED) is 0.231. The number of likely N-dealkylation sites (tertiary alicyclic amines) is 1. The number of aryl methyl sites for hydroxylation is 2. The molecule has 0 radical (unpaired) electrons. The summed E-state index contributed by atoms with van der Waals surface area (Å²) in [6.07, 6.45) is -0.000618. The normalized spacial score (nSPS) is 17.0. The van der Waals surface area contributed by atoms with E-state index in [1.54, 1.807) is 18.2 Å². The third-order valence-electron chi connectivity index (χ3n) is 6.49.